The highest BCUT2D eigenvalue weighted by molar-refractivity contribution is 6.98. The molecule has 0 saturated carbocycles. The van der Waals surface area contributed by atoms with Crippen LogP contribution in [0.15, 0.2) is 60.7 Å². The number of carbonyl (C=O) groups is 1. The molecule has 2 atom stereocenters. The summed E-state index contributed by atoms with van der Waals surface area (Å²) < 4.78 is 11.4. The zero-order chi connectivity index (χ0) is 22.3. The molecule has 0 aromatic heterocycles. The molecular formula is C26H36O4Si. The molecule has 1 saturated heterocycles. The number of carbonyl (C=O) groups excluding carboxylic acids is 1. The minimum Gasteiger partial charge on any atom is -0.460 e. The van der Waals surface area contributed by atoms with Crippen LogP contribution in [-0.2, 0) is 14.3 Å². The lowest BCUT2D eigenvalue weighted by atomic mass is 9.98. The van der Waals surface area contributed by atoms with E-state index in [0.29, 0.717) is 13.0 Å². The topological polar surface area (TPSA) is 55.8 Å². The van der Waals surface area contributed by atoms with Crippen molar-refractivity contribution in [3.8, 4) is 0 Å². The van der Waals surface area contributed by atoms with Crippen LogP contribution in [0.3, 0.4) is 0 Å². The molecule has 2 aromatic carbocycles. The molecule has 4 nitrogen and oxygen atoms in total. The summed E-state index contributed by atoms with van der Waals surface area (Å²) >= 11 is 0. The second-order valence-corrected chi connectivity index (χ2v) is 13.1. The first-order chi connectivity index (χ1) is 14.9. The number of ether oxygens (including phenoxy) is 2. The number of rotatable bonds is 10. The first-order valence-corrected chi connectivity index (χ1v) is 13.5. The maximum Gasteiger partial charge on any atom is 0.335 e. The van der Waals surface area contributed by atoms with E-state index < -0.39 is 14.4 Å². The molecular weight excluding hydrogens is 404 g/mol. The first-order valence-electron chi connectivity index (χ1n) is 11.5. The molecule has 0 bridgehead atoms. The molecule has 31 heavy (non-hydrogen) atoms. The predicted octanol–water partition coefficient (Wildman–Crippen LogP) is 4.19. The standard InChI is InChI=1S/C26H36O4Si/c1-4-5-20-29-24-17-16-21(30-25(24)27)18-19-26(2,3)31(28,22-12-8-6-9-13-22)23-14-10-7-11-15-23/h6-15,21,24,28H,4-5,16-20H2,1-3H3/t21-,24+/m0/s1. The van der Waals surface area contributed by atoms with Gasteiger partial charge in [0.2, 0.25) is 0 Å². The molecule has 0 radical (unpaired) electrons. The van der Waals surface area contributed by atoms with Gasteiger partial charge < -0.3 is 14.3 Å². The Morgan fingerprint density at radius 2 is 1.61 bits per heavy atom. The lowest BCUT2D eigenvalue weighted by Crippen LogP contribution is -2.65. The fraction of sp³-hybridized carbons (Fsp3) is 0.500. The smallest absolute Gasteiger partial charge is 0.335 e. The molecule has 0 unspecified atom stereocenters. The van der Waals surface area contributed by atoms with Gasteiger partial charge in [0.05, 0.1) is 0 Å². The molecule has 0 amide bonds. The summed E-state index contributed by atoms with van der Waals surface area (Å²) in [5, 5.41) is 1.68. The normalized spacial score (nSPS) is 19.8. The molecule has 168 valence electrons. The Kier molecular flexibility index (Phi) is 8.09. The maximum absolute atomic E-state index is 12.4. The third-order valence-corrected chi connectivity index (χ3v) is 11.1. The molecule has 3 rings (SSSR count). The summed E-state index contributed by atoms with van der Waals surface area (Å²) in [4.78, 5) is 24.6. The van der Waals surface area contributed by atoms with Crippen molar-refractivity contribution in [2.75, 3.05) is 6.61 Å². The summed E-state index contributed by atoms with van der Waals surface area (Å²) in [6.07, 6.45) is 4.54. The Balaban J connectivity index is 1.70. The summed E-state index contributed by atoms with van der Waals surface area (Å²) in [5.41, 5.74) is 0. The van der Waals surface area contributed by atoms with E-state index in [1.54, 1.807) is 0 Å². The van der Waals surface area contributed by atoms with Gasteiger partial charge in [-0.25, -0.2) is 4.79 Å². The van der Waals surface area contributed by atoms with Crippen molar-refractivity contribution in [1.29, 1.82) is 0 Å². The average Bonchev–Trinajstić information content (AvgIpc) is 2.79. The molecule has 1 aliphatic heterocycles. The molecule has 5 heteroatoms. The van der Waals surface area contributed by atoms with Crippen LogP contribution in [0.2, 0.25) is 5.04 Å². The van der Waals surface area contributed by atoms with Crippen molar-refractivity contribution in [1.82, 2.24) is 0 Å². The van der Waals surface area contributed by atoms with Gasteiger partial charge >= 0.3 is 5.97 Å². The van der Waals surface area contributed by atoms with Crippen LogP contribution < -0.4 is 10.4 Å². The molecule has 1 N–H and O–H groups in total. The molecule has 1 heterocycles. The Morgan fingerprint density at radius 1 is 1.03 bits per heavy atom. The van der Waals surface area contributed by atoms with Crippen LogP contribution in [0, 0.1) is 0 Å². The summed E-state index contributed by atoms with van der Waals surface area (Å²) in [7, 11) is -3.03. The zero-order valence-electron chi connectivity index (χ0n) is 19.0. The zero-order valence-corrected chi connectivity index (χ0v) is 20.0. The van der Waals surface area contributed by atoms with E-state index >= 15 is 0 Å². The van der Waals surface area contributed by atoms with E-state index in [4.69, 9.17) is 9.47 Å². The van der Waals surface area contributed by atoms with Gasteiger partial charge in [0, 0.05) is 6.61 Å². The van der Waals surface area contributed by atoms with Crippen LogP contribution >= 0.6 is 0 Å². The third-order valence-electron chi connectivity index (χ3n) is 6.57. The fourth-order valence-electron chi connectivity index (χ4n) is 4.49. The number of esters is 1. The number of unbranched alkanes of at least 4 members (excludes halogenated alkanes) is 1. The highest BCUT2D eigenvalue weighted by Crippen LogP contribution is 2.41. The Labute approximate surface area is 187 Å². The van der Waals surface area contributed by atoms with Crippen molar-refractivity contribution in [2.45, 2.75) is 76.5 Å². The van der Waals surface area contributed by atoms with Crippen LogP contribution in [-0.4, -0.2) is 37.9 Å². The van der Waals surface area contributed by atoms with Crippen LogP contribution in [0.5, 0.6) is 0 Å². The maximum atomic E-state index is 12.4. The Morgan fingerprint density at radius 3 is 2.13 bits per heavy atom. The van der Waals surface area contributed by atoms with Crippen molar-refractivity contribution < 1.29 is 19.1 Å². The van der Waals surface area contributed by atoms with Crippen LogP contribution in [0.1, 0.15) is 59.3 Å². The largest absolute Gasteiger partial charge is 0.460 e. The van der Waals surface area contributed by atoms with Gasteiger partial charge in [0.15, 0.2) is 6.10 Å². The third kappa shape index (κ3) is 5.46. The summed E-state index contributed by atoms with van der Waals surface area (Å²) in [5.74, 6) is -0.233. The number of cyclic esters (lactones) is 1. The molecule has 1 aliphatic rings. The van der Waals surface area contributed by atoms with E-state index in [1.807, 2.05) is 60.7 Å². The van der Waals surface area contributed by atoms with Crippen molar-refractivity contribution in [2.24, 2.45) is 0 Å². The lowest BCUT2D eigenvalue weighted by molar-refractivity contribution is -0.171. The second kappa shape index (κ2) is 10.6. The van der Waals surface area contributed by atoms with Crippen LogP contribution in [0.25, 0.3) is 0 Å². The quantitative estimate of drug-likeness (QED) is 0.342. The van der Waals surface area contributed by atoms with Gasteiger partial charge in [-0.1, -0.05) is 87.9 Å². The highest BCUT2D eigenvalue weighted by atomic mass is 28.4. The minimum atomic E-state index is -3.03. The number of hydrogen-bond donors (Lipinski definition) is 1. The number of hydrogen-bond acceptors (Lipinski definition) is 4. The van der Waals surface area contributed by atoms with Gasteiger partial charge in [0.1, 0.15) is 6.10 Å². The van der Waals surface area contributed by atoms with Gasteiger partial charge in [-0.05, 0) is 47.5 Å². The van der Waals surface area contributed by atoms with E-state index in [1.165, 1.54) is 0 Å². The summed E-state index contributed by atoms with van der Waals surface area (Å²) in [6, 6.07) is 20.1. The predicted molar refractivity (Wildman–Crippen MR) is 127 cm³/mol. The van der Waals surface area contributed by atoms with E-state index in [-0.39, 0.29) is 17.1 Å². The average molecular weight is 441 g/mol. The Hall–Kier alpha value is -1.95. The van der Waals surface area contributed by atoms with E-state index in [2.05, 4.69) is 20.8 Å². The fourth-order valence-corrected chi connectivity index (χ4v) is 8.24. The van der Waals surface area contributed by atoms with Gasteiger partial charge in [0.25, 0.3) is 8.32 Å². The van der Waals surface area contributed by atoms with E-state index in [0.717, 1.165) is 42.5 Å². The first kappa shape index (κ1) is 23.7. The van der Waals surface area contributed by atoms with Crippen molar-refractivity contribution >= 4 is 24.7 Å². The summed E-state index contributed by atoms with van der Waals surface area (Å²) in [6.45, 7) is 7.03. The van der Waals surface area contributed by atoms with E-state index in [9.17, 15) is 9.59 Å². The van der Waals surface area contributed by atoms with Gasteiger partial charge in [-0.3, -0.25) is 0 Å². The van der Waals surface area contributed by atoms with Gasteiger partial charge in [-0.2, -0.15) is 0 Å². The Bertz CT molecular complexity index is 782. The molecule has 0 spiro atoms. The van der Waals surface area contributed by atoms with Gasteiger partial charge in [-0.15, -0.1) is 0 Å². The van der Waals surface area contributed by atoms with Crippen molar-refractivity contribution in [3.05, 3.63) is 60.7 Å². The highest BCUT2D eigenvalue weighted by Gasteiger charge is 2.50. The number of benzene rings is 2. The second-order valence-electron chi connectivity index (χ2n) is 9.21. The monoisotopic (exact) mass is 440 g/mol. The SMILES string of the molecule is CCCCO[C@@H]1CC[C@@H](CCC(C)(C)[Si](O)(c2ccccc2)c2ccccc2)OC1=O. The molecule has 2 aromatic rings. The lowest BCUT2D eigenvalue weighted by Gasteiger charge is -2.42. The molecule has 0 aliphatic carbocycles. The van der Waals surface area contributed by atoms with Crippen LogP contribution in [0.4, 0.5) is 0 Å². The van der Waals surface area contributed by atoms with Crippen molar-refractivity contribution in [3.63, 3.8) is 0 Å². The minimum absolute atomic E-state index is 0.109. The molecule has 1 fully saturated rings.